The lowest BCUT2D eigenvalue weighted by Crippen LogP contribution is -2.46. The summed E-state index contributed by atoms with van der Waals surface area (Å²) in [5.74, 6) is -0.750. The predicted octanol–water partition coefficient (Wildman–Crippen LogP) is -0.360. The molecular weight excluding hydrogens is 262 g/mol. The molecule has 3 N–H and O–H groups in total. The minimum Gasteiger partial charge on any atom is -0.379 e. The number of nitrogens with one attached hydrogen (secondary N) is 1. The molecule has 1 saturated heterocycles. The highest BCUT2D eigenvalue weighted by molar-refractivity contribution is 5.88. The summed E-state index contributed by atoms with van der Waals surface area (Å²) in [6.45, 7) is 6.52. The van der Waals surface area contributed by atoms with Crippen molar-refractivity contribution in [3.8, 4) is 0 Å². The Kier molecular flexibility index (Phi) is 7.83. The van der Waals surface area contributed by atoms with Crippen molar-refractivity contribution in [2.45, 2.75) is 45.3 Å². The van der Waals surface area contributed by atoms with Gasteiger partial charge in [-0.25, -0.2) is 0 Å². The number of nitrogens with zero attached hydrogens (tertiary/aromatic N) is 1. The van der Waals surface area contributed by atoms with Gasteiger partial charge in [-0.3, -0.25) is 14.4 Å². The smallest absolute Gasteiger partial charge is 0.242 e. The average molecular weight is 287 g/mol. The zero-order valence-corrected chi connectivity index (χ0v) is 12.6. The molecule has 1 aliphatic heterocycles. The van der Waals surface area contributed by atoms with Crippen LogP contribution in [-0.4, -0.2) is 55.0 Å². The molecule has 0 bridgehead atoms. The lowest BCUT2D eigenvalue weighted by molar-refractivity contribution is -0.137. The summed E-state index contributed by atoms with van der Waals surface area (Å²) in [5, 5.41) is 2.26. The Bertz CT molecular complexity index is 339. The maximum atomic E-state index is 11.4. The van der Waals surface area contributed by atoms with Gasteiger partial charge < -0.3 is 20.7 Å². The predicted molar refractivity (Wildman–Crippen MR) is 74.8 cm³/mol. The molecule has 0 aromatic rings. The Hall–Kier alpha value is -1.63. The Morgan fingerprint density at radius 2 is 2.00 bits per heavy atom. The largest absolute Gasteiger partial charge is 0.379 e. The zero-order chi connectivity index (χ0) is 15.8. The van der Waals surface area contributed by atoms with Crippen molar-refractivity contribution in [1.29, 1.82) is 0 Å². The van der Waals surface area contributed by atoms with Gasteiger partial charge in [-0.2, -0.15) is 0 Å². The van der Waals surface area contributed by atoms with Crippen LogP contribution in [0.1, 0.15) is 33.6 Å². The molecule has 1 unspecified atom stereocenters. The summed E-state index contributed by atoms with van der Waals surface area (Å²) in [4.78, 5) is 33.7. The first-order chi connectivity index (χ1) is 9.22. The Labute approximate surface area is 119 Å². The molecule has 7 heteroatoms. The van der Waals surface area contributed by atoms with E-state index >= 15 is 0 Å². The molecular formula is C13H25N3O4. The fourth-order valence-corrected chi connectivity index (χ4v) is 1.59. The van der Waals surface area contributed by atoms with Crippen molar-refractivity contribution in [2.75, 3.05) is 20.2 Å². The minimum atomic E-state index is -0.504. The van der Waals surface area contributed by atoms with E-state index in [0.717, 1.165) is 6.42 Å². The summed E-state index contributed by atoms with van der Waals surface area (Å²) >= 11 is 0. The molecule has 0 aromatic heterocycles. The number of hydrogen-bond acceptors (Lipinski definition) is 4. The molecule has 1 atom stereocenters. The SMILES string of the molecule is COC(C)(C)C.NC(=O)C1CCCN1C(=O)CNC=O. The monoisotopic (exact) mass is 287 g/mol. The topological polar surface area (TPSA) is 102 Å². The maximum absolute atomic E-state index is 11.4. The molecule has 0 radical (unpaired) electrons. The van der Waals surface area contributed by atoms with Crippen molar-refractivity contribution in [2.24, 2.45) is 5.73 Å². The number of methoxy groups -OCH3 is 1. The Balaban J connectivity index is 0.000000511. The number of ether oxygens (including phenoxy) is 1. The number of likely N-dealkylation sites (tertiary alicyclic amines) is 1. The number of carbonyl (C=O) groups is 3. The van der Waals surface area contributed by atoms with Crippen LogP contribution < -0.4 is 11.1 Å². The first-order valence-corrected chi connectivity index (χ1v) is 6.54. The highest BCUT2D eigenvalue weighted by atomic mass is 16.5. The van der Waals surface area contributed by atoms with Gasteiger partial charge in [-0.15, -0.1) is 0 Å². The molecule has 1 fully saturated rings. The van der Waals surface area contributed by atoms with Crippen molar-refractivity contribution < 1.29 is 19.1 Å². The quantitative estimate of drug-likeness (QED) is 0.689. The second-order valence-corrected chi connectivity index (χ2v) is 5.46. The van der Waals surface area contributed by atoms with Gasteiger partial charge in [0.2, 0.25) is 18.2 Å². The fourth-order valence-electron chi connectivity index (χ4n) is 1.59. The van der Waals surface area contributed by atoms with Gasteiger partial charge in [-0.1, -0.05) is 0 Å². The Morgan fingerprint density at radius 1 is 1.45 bits per heavy atom. The molecule has 20 heavy (non-hydrogen) atoms. The van der Waals surface area contributed by atoms with E-state index in [2.05, 4.69) is 5.32 Å². The van der Waals surface area contributed by atoms with Crippen molar-refractivity contribution in [1.82, 2.24) is 10.2 Å². The van der Waals surface area contributed by atoms with Gasteiger partial charge in [0.1, 0.15) is 6.04 Å². The third kappa shape index (κ3) is 7.08. The zero-order valence-electron chi connectivity index (χ0n) is 12.6. The van der Waals surface area contributed by atoms with Crippen LogP contribution in [0, 0.1) is 0 Å². The lowest BCUT2D eigenvalue weighted by atomic mass is 10.2. The van der Waals surface area contributed by atoms with E-state index in [9.17, 15) is 14.4 Å². The summed E-state index contributed by atoms with van der Waals surface area (Å²) in [5.41, 5.74) is 5.17. The van der Waals surface area contributed by atoms with E-state index in [1.54, 1.807) is 7.11 Å². The van der Waals surface area contributed by atoms with Crippen LogP contribution >= 0.6 is 0 Å². The molecule has 0 spiro atoms. The van der Waals surface area contributed by atoms with Crippen LogP contribution in [0.2, 0.25) is 0 Å². The van der Waals surface area contributed by atoms with Crippen LogP contribution in [0.3, 0.4) is 0 Å². The molecule has 0 saturated carbocycles. The van der Waals surface area contributed by atoms with E-state index in [1.807, 2.05) is 20.8 Å². The van der Waals surface area contributed by atoms with Crippen LogP contribution in [-0.2, 0) is 19.1 Å². The second-order valence-electron chi connectivity index (χ2n) is 5.46. The van der Waals surface area contributed by atoms with Crippen LogP contribution in [0.4, 0.5) is 0 Å². The van der Waals surface area contributed by atoms with Crippen molar-refractivity contribution in [3.05, 3.63) is 0 Å². The average Bonchev–Trinajstić information content (AvgIpc) is 2.85. The van der Waals surface area contributed by atoms with Crippen molar-refractivity contribution in [3.63, 3.8) is 0 Å². The first kappa shape index (κ1) is 18.4. The number of nitrogens with two attached hydrogens (primary N) is 1. The van der Waals surface area contributed by atoms with Gasteiger partial charge in [0.05, 0.1) is 12.1 Å². The molecule has 116 valence electrons. The van der Waals surface area contributed by atoms with E-state index in [-0.39, 0.29) is 18.1 Å². The molecule has 1 heterocycles. The summed E-state index contributed by atoms with van der Waals surface area (Å²) in [6.07, 6.45) is 1.84. The summed E-state index contributed by atoms with van der Waals surface area (Å²) in [7, 11) is 1.71. The van der Waals surface area contributed by atoms with Crippen LogP contribution in [0.15, 0.2) is 0 Å². The molecule has 1 rings (SSSR count). The van der Waals surface area contributed by atoms with E-state index < -0.39 is 11.9 Å². The van der Waals surface area contributed by atoms with Gasteiger partial charge in [0.25, 0.3) is 0 Å². The third-order valence-corrected chi connectivity index (χ3v) is 2.85. The normalized spacial score (nSPS) is 18.0. The van der Waals surface area contributed by atoms with Gasteiger partial charge in [0, 0.05) is 13.7 Å². The standard InChI is InChI=1S/C8H13N3O3.C5H12O/c9-8(14)6-2-1-3-11(6)7(13)4-10-5-12;1-5(2,3)6-4/h5-6H,1-4H2,(H2,9,14)(H,10,12);1-4H3. The number of amides is 3. The summed E-state index contributed by atoms with van der Waals surface area (Å²) < 4.78 is 4.94. The number of hydrogen-bond donors (Lipinski definition) is 2. The highest BCUT2D eigenvalue weighted by Crippen LogP contribution is 2.16. The number of rotatable bonds is 4. The van der Waals surface area contributed by atoms with Crippen LogP contribution in [0.5, 0.6) is 0 Å². The lowest BCUT2D eigenvalue weighted by Gasteiger charge is -2.21. The molecule has 0 aliphatic carbocycles. The maximum Gasteiger partial charge on any atom is 0.242 e. The van der Waals surface area contributed by atoms with Gasteiger partial charge in [-0.05, 0) is 33.6 Å². The molecule has 3 amide bonds. The van der Waals surface area contributed by atoms with Crippen molar-refractivity contribution >= 4 is 18.2 Å². The fraction of sp³-hybridized carbons (Fsp3) is 0.769. The molecule has 1 aliphatic rings. The first-order valence-electron chi connectivity index (χ1n) is 6.54. The minimum absolute atomic E-state index is 0.0417. The van der Waals surface area contributed by atoms with E-state index in [1.165, 1.54) is 4.90 Å². The van der Waals surface area contributed by atoms with Gasteiger partial charge in [0.15, 0.2) is 0 Å². The third-order valence-electron chi connectivity index (χ3n) is 2.85. The Morgan fingerprint density at radius 3 is 2.40 bits per heavy atom. The second kappa shape index (κ2) is 8.52. The molecule has 0 aromatic carbocycles. The van der Waals surface area contributed by atoms with Gasteiger partial charge >= 0.3 is 0 Å². The highest BCUT2D eigenvalue weighted by Gasteiger charge is 2.31. The summed E-state index contributed by atoms with van der Waals surface area (Å²) in [6, 6.07) is -0.504. The van der Waals surface area contributed by atoms with Crippen LogP contribution in [0.25, 0.3) is 0 Å². The molecule has 7 nitrogen and oxygen atoms in total. The number of carbonyl (C=O) groups excluding carboxylic acids is 3. The van der Waals surface area contributed by atoms with E-state index in [0.29, 0.717) is 19.4 Å². The number of primary amides is 1. The van der Waals surface area contributed by atoms with E-state index in [4.69, 9.17) is 10.5 Å².